The van der Waals surface area contributed by atoms with Gasteiger partial charge in [-0.05, 0) is 31.4 Å². The van der Waals surface area contributed by atoms with Crippen molar-refractivity contribution in [3.05, 3.63) is 22.6 Å². The van der Waals surface area contributed by atoms with Crippen LogP contribution in [0.15, 0.2) is 6.07 Å². The maximum atomic E-state index is 11.4. The Kier molecular flexibility index (Phi) is 4.30. The van der Waals surface area contributed by atoms with Crippen molar-refractivity contribution in [3.8, 4) is 0 Å². The van der Waals surface area contributed by atoms with Gasteiger partial charge in [0, 0.05) is 37.5 Å². The molecule has 142 valence electrons. The molecule has 1 spiro atoms. The van der Waals surface area contributed by atoms with Crippen molar-refractivity contribution < 1.29 is 4.21 Å². The summed E-state index contributed by atoms with van der Waals surface area (Å²) in [5, 5.41) is 10.7. The number of halogens is 1. The lowest BCUT2D eigenvalue weighted by Crippen LogP contribution is -2.67. The average molecular weight is 397 g/mol. The summed E-state index contributed by atoms with van der Waals surface area (Å²) >= 11 is 4.99. The summed E-state index contributed by atoms with van der Waals surface area (Å²) in [6.45, 7) is 8.14. The summed E-state index contributed by atoms with van der Waals surface area (Å²) in [5.41, 5.74) is 2.37. The monoisotopic (exact) mass is 396 g/mol. The smallest absolute Gasteiger partial charge is 0.167 e. The van der Waals surface area contributed by atoms with Gasteiger partial charge in [-0.25, -0.2) is 23.2 Å². The molecular weight excluding hydrogens is 372 g/mol. The van der Waals surface area contributed by atoms with E-state index in [1.54, 1.807) is 4.31 Å². The number of aromatic nitrogens is 3. The first kappa shape index (κ1) is 18.2. The summed E-state index contributed by atoms with van der Waals surface area (Å²) in [7, 11) is 1.83. The molecule has 0 bridgehead atoms. The summed E-state index contributed by atoms with van der Waals surface area (Å²) in [5.74, 6) is 2.00. The first-order valence-corrected chi connectivity index (χ1v) is 10.5. The molecule has 1 aliphatic heterocycles. The quantitative estimate of drug-likeness (QED) is 0.859. The Morgan fingerprint density at radius 3 is 2.65 bits per heavy atom. The van der Waals surface area contributed by atoms with Gasteiger partial charge in [0.15, 0.2) is 22.8 Å². The number of hydrogen-bond donors (Lipinski definition) is 1. The van der Waals surface area contributed by atoms with Gasteiger partial charge in [0.1, 0.15) is 10.7 Å². The molecule has 2 N–H and O–H groups in total. The molecule has 2 aromatic rings. The lowest BCUT2D eigenvalue weighted by Gasteiger charge is -2.60. The van der Waals surface area contributed by atoms with Crippen LogP contribution in [-0.2, 0) is 11.2 Å². The molecular formula is C17H25ClN6OS. The Balaban J connectivity index is 1.59. The van der Waals surface area contributed by atoms with E-state index in [0.717, 1.165) is 48.7 Å². The van der Waals surface area contributed by atoms with Crippen molar-refractivity contribution >= 4 is 34.1 Å². The van der Waals surface area contributed by atoms with Crippen LogP contribution in [0.4, 0.5) is 5.82 Å². The van der Waals surface area contributed by atoms with E-state index in [2.05, 4.69) is 23.8 Å². The Hall–Kier alpha value is -1.22. The normalized spacial score (nSPS) is 20.8. The molecule has 1 aliphatic carbocycles. The summed E-state index contributed by atoms with van der Waals surface area (Å²) in [4.78, 5) is 7.18. The minimum atomic E-state index is -1.39. The predicted molar refractivity (Wildman–Crippen MR) is 105 cm³/mol. The van der Waals surface area contributed by atoms with E-state index in [4.69, 9.17) is 21.7 Å². The van der Waals surface area contributed by atoms with Gasteiger partial charge in [-0.15, -0.1) is 0 Å². The highest BCUT2D eigenvalue weighted by atomic mass is 35.5. The third kappa shape index (κ3) is 2.74. The number of hydrogen-bond acceptors (Lipinski definition) is 4. The van der Waals surface area contributed by atoms with E-state index in [-0.39, 0.29) is 5.92 Å². The van der Waals surface area contributed by atoms with E-state index in [1.165, 1.54) is 0 Å². The molecule has 2 fully saturated rings. The SMILES string of the molecule is Cc1cc(Cl)n2nc(C(C)C)nc(N3CC4(CC(N(C)S(N)=O)C4)C3)c12. The first-order chi connectivity index (χ1) is 12.2. The zero-order valence-electron chi connectivity index (χ0n) is 15.6. The van der Waals surface area contributed by atoms with Crippen LogP contribution in [0.25, 0.3) is 5.52 Å². The molecule has 0 amide bonds. The van der Waals surface area contributed by atoms with E-state index >= 15 is 0 Å². The molecule has 0 radical (unpaired) electrons. The minimum Gasteiger partial charge on any atom is -0.353 e. The van der Waals surface area contributed by atoms with Gasteiger partial charge >= 0.3 is 0 Å². The molecule has 1 saturated carbocycles. The highest BCUT2D eigenvalue weighted by Crippen LogP contribution is 2.51. The molecule has 2 aromatic heterocycles. The predicted octanol–water partition coefficient (Wildman–Crippen LogP) is 2.25. The number of rotatable bonds is 4. The van der Waals surface area contributed by atoms with Gasteiger partial charge in [-0.2, -0.15) is 5.10 Å². The number of aryl methyl sites for hydroxylation is 1. The van der Waals surface area contributed by atoms with Gasteiger partial charge in [-0.1, -0.05) is 25.4 Å². The third-order valence-electron chi connectivity index (χ3n) is 5.76. The van der Waals surface area contributed by atoms with Crippen LogP contribution < -0.4 is 10.0 Å². The molecule has 9 heteroatoms. The van der Waals surface area contributed by atoms with Crippen molar-refractivity contribution in [2.45, 2.75) is 45.6 Å². The van der Waals surface area contributed by atoms with Crippen LogP contribution in [0.2, 0.25) is 5.15 Å². The van der Waals surface area contributed by atoms with Gasteiger partial charge < -0.3 is 4.90 Å². The van der Waals surface area contributed by atoms with Crippen LogP contribution in [0, 0.1) is 12.3 Å². The highest BCUT2D eigenvalue weighted by molar-refractivity contribution is 7.80. The fraction of sp³-hybridized carbons (Fsp3) is 0.647. The number of nitrogens with two attached hydrogens (primary N) is 1. The van der Waals surface area contributed by atoms with Crippen molar-refractivity contribution in [2.75, 3.05) is 25.0 Å². The van der Waals surface area contributed by atoms with E-state index < -0.39 is 11.2 Å². The van der Waals surface area contributed by atoms with Crippen LogP contribution in [0.5, 0.6) is 0 Å². The van der Waals surface area contributed by atoms with E-state index in [9.17, 15) is 4.21 Å². The van der Waals surface area contributed by atoms with Crippen LogP contribution >= 0.6 is 11.6 Å². The molecule has 26 heavy (non-hydrogen) atoms. The standard InChI is InChI=1S/C17H25ClN6OS/c1-10(2)15-20-16(14-11(3)5-13(18)24(14)21-15)23-8-17(9-23)6-12(7-17)22(4)26(19)25/h5,10,12H,6-9,19H2,1-4H3. The molecule has 7 nitrogen and oxygen atoms in total. The largest absolute Gasteiger partial charge is 0.353 e. The first-order valence-electron chi connectivity index (χ1n) is 8.90. The van der Waals surface area contributed by atoms with Gasteiger partial charge in [-0.3, -0.25) is 0 Å². The molecule has 1 atom stereocenters. The van der Waals surface area contributed by atoms with Gasteiger partial charge in [0.2, 0.25) is 0 Å². The maximum Gasteiger partial charge on any atom is 0.167 e. The van der Waals surface area contributed by atoms with E-state index in [1.807, 2.05) is 24.6 Å². The summed E-state index contributed by atoms with van der Waals surface area (Å²) in [6, 6.07) is 2.25. The zero-order chi connectivity index (χ0) is 18.8. The summed E-state index contributed by atoms with van der Waals surface area (Å²) < 4.78 is 15.0. The Morgan fingerprint density at radius 1 is 1.42 bits per heavy atom. The number of fused-ring (bicyclic) bond motifs is 1. The van der Waals surface area contributed by atoms with E-state index in [0.29, 0.717) is 16.6 Å². The van der Waals surface area contributed by atoms with Gasteiger partial charge in [0.05, 0.1) is 0 Å². The van der Waals surface area contributed by atoms with Crippen LogP contribution in [0.3, 0.4) is 0 Å². The lowest BCUT2D eigenvalue weighted by molar-refractivity contribution is 0.0223. The molecule has 1 unspecified atom stereocenters. The van der Waals surface area contributed by atoms with Crippen molar-refractivity contribution in [1.29, 1.82) is 0 Å². The molecule has 0 aromatic carbocycles. The molecule has 3 heterocycles. The molecule has 1 saturated heterocycles. The van der Waals surface area contributed by atoms with Crippen LogP contribution in [-0.4, -0.2) is 49.3 Å². The van der Waals surface area contributed by atoms with Gasteiger partial charge in [0.25, 0.3) is 0 Å². The second-order valence-electron chi connectivity index (χ2n) is 8.10. The Morgan fingerprint density at radius 2 is 2.08 bits per heavy atom. The fourth-order valence-electron chi connectivity index (χ4n) is 4.22. The zero-order valence-corrected chi connectivity index (χ0v) is 17.1. The topological polar surface area (TPSA) is 79.8 Å². The Bertz CT molecular complexity index is 883. The van der Waals surface area contributed by atoms with Crippen LogP contribution in [0.1, 0.15) is 44.0 Å². The number of nitrogens with zero attached hydrogens (tertiary/aromatic N) is 5. The molecule has 4 rings (SSSR count). The van der Waals surface area contributed by atoms with Crippen molar-refractivity contribution in [1.82, 2.24) is 18.9 Å². The average Bonchev–Trinajstić information content (AvgIpc) is 2.78. The molecule has 2 aliphatic rings. The Labute approximate surface area is 161 Å². The number of anilines is 1. The lowest BCUT2D eigenvalue weighted by atomic mass is 9.60. The fourth-order valence-corrected chi connectivity index (χ4v) is 4.95. The third-order valence-corrected chi connectivity index (χ3v) is 6.90. The second kappa shape index (κ2) is 6.15. The van der Waals surface area contributed by atoms with Crippen molar-refractivity contribution in [3.63, 3.8) is 0 Å². The highest BCUT2D eigenvalue weighted by Gasteiger charge is 2.54. The second-order valence-corrected chi connectivity index (χ2v) is 9.61. The van der Waals surface area contributed by atoms with Crippen molar-refractivity contribution in [2.24, 2.45) is 10.6 Å². The minimum absolute atomic E-state index is 0.230. The maximum absolute atomic E-state index is 11.4. The summed E-state index contributed by atoms with van der Waals surface area (Å²) in [6.07, 6.45) is 2.06.